The molecule has 0 aliphatic heterocycles. The number of nitrogens with one attached hydrogen (secondary N) is 1. The van der Waals surface area contributed by atoms with E-state index in [1.165, 1.54) is 18.3 Å². The summed E-state index contributed by atoms with van der Waals surface area (Å²) in [5.41, 5.74) is 0.442. The fourth-order valence-corrected chi connectivity index (χ4v) is 5.44. The van der Waals surface area contributed by atoms with Crippen LogP contribution >= 0.6 is 0 Å². The monoisotopic (exact) mass is 642 g/mol. The van der Waals surface area contributed by atoms with Crippen molar-refractivity contribution in [3.05, 3.63) is 86.3 Å². The van der Waals surface area contributed by atoms with Gasteiger partial charge in [0.15, 0.2) is 0 Å². The fourth-order valence-electron chi connectivity index (χ4n) is 5.44. The van der Waals surface area contributed by atoms with Crippen LogP contribution in [0.15, 0.2) is 41.5 Å². The fraction of sp³-hybridized carbons (Fsp3) is 0.412. The third-order valence-electron chi connectivity index (χ3n) is 7.54. The van der Waals surface area contributed by atoms with Crippen LogP contribution in [0, 0.1) is 37.9 Å². The van der Waals surface area contributed by atoms with Crippen molar-refractivity contribution in [2.75, 3.05) is 20.6 Å². The topological polar surface area (TPSA) is 105 Å². The molecule has 0 bridgehead atoms. The maximum atomic E-state index is 14.1. The Morgan fingerprint density at radius 2 is 1.76 bits per heavy atom. The lowest BCUT2D eigenvalue weighted by Crippen LogP contribution is -2.40. The Kier molecular flexibility index (Phi) is 11.5. The lowest BCUT2D eigenvalue weighted by atomic mass is 9.92. The number of halogens is 4. The van der Waals surface area contributed by atoms with E-state index in [9.17, 15) is 37.1 Å². The third-order valence-corrected chi connectivity index (χ3v) is 7.54. The van der Waals surface area contributed by atoms with Crippen LogP contribution in [-0.4, -0.2) is 52.1 Å². The first kappa shape index (κ1) is 36.0. The second kappa shape index (κ2) is 14.7. The molecule has 0 aliphatic carbocycles. The summed E-state index contributed by atoms with van der Waals surface area (Å²) in [5, 5.41) is 12.4. The number of carboxylic acid groups (broad SMARTS) is 1. The van der Waals surface area contributed by atoms with E-state index >= 15 is 0 Å². The molecular formula is C34H38F4N4O4. The number of nitrogens with zero attached hydrogens (tertiary/aromatic N) is 3. The molecule has 0 saturated carbocycles. The Labute approximate surface area is 265 Å². The summed E-state index contributed by atoms with van der Waals surface area (Å²) in [7, 11) is 3.41. The molecule has 1 aromatic carbocycles. The van der Waals surface area contributed by atoms with Crippen LogP contribution in [0.25, 0.3) is 11.1 Å². The van der Waals surface area contributed by atoms with E-state index in [4.69, 9.17) is 6.42 Å². The quantitative estimate of drug-likeness (QED) is 0.194. The number of aromatic nitrogens is 2. The van der Waals surface area contributed by atoms with Crippen molar-refractivity contribution >= 4 is 11.9 Å². The summed E-state index contributed by atoms with van der Waals surface area (Å²) in [6, 6.07) is 2.35. The number of carbonyl (C=O) groups excluding carboxylic acids is 1. The molecule has 2 unspecified atom stereocenters. The first-order chi connectivity index (χ1) is 21.4. The van der Waals surface area contributed by atoms with Gasteiger partial charge in [0, 0.05) is 30.6 Å². The molecule has 3 rings (SSSR count). The van der Waals surface area contributed by atoms with Crippen LogP contribution in [-0.2, 0) is 22.2 Å². The summed E-state index contributed by atoms with van der Waals surface area (Å²) in [5.74, 6) is -0.126. The molecule has 0 spiro atoms. The third kappa shape index (κ3) is 8.81. The van der Waals surface area contributed by atoms with Crippen molar-refractivity contribution in [1.29, 1.82) is 0 Å². The number of terminal acetylenes is 1. The Morgan fingerprint density at radius 1 is 1.13 bits per heavy atom. The standard InChI is InChI=1S/C34H38F4N4O4/c1-8-27-25(32-20(4)12-24(35)13-21(32)5)14-23(17-39-27)28(16-31(44)45)40-33(46)29(11-19(2)3)42-18-22(9-10-41(6)7)26(15-30(42)43)34(36,37)38/h1,12-15,17-19,28-29H,9-11,16H2,2-7H3,(H,40,46)(H,44,45). The smallest absolute Gasteiger partial charge is 0.416 e. The predicted octanol–water partition coefficient (Wildman–Crippen LogP) is 5.69. The lowest BCUT2D eigenvalue weighted by molar-refractivity contribution is -0.139. The SMILES string of the molecule is C#Cc1ncc(C(CC(=O)O)NC(=O)C(CC(C)C)n2cc(CCN(C)C)c(C(F)(F)F)cc2=O)cc1-c1c(C)cc(F)cc1C. The van der Waals surface area contributed by atoms with Gasteiger partial charge >= 0.3 is 12.1 Å². The number of benzene rings is 1. The maximum Gasteiger partial charge on any atom is 0.416 e. The number of carboxylic acids is 1. The second-order valence-electron chi connectivity index (χ2n) is 12.0. The van der Waals surface area contributed by atoms with E-state index in [2.05, 4.69) is 16.2 Å². The number of pyridine rings is 2. The molecule has 8 nitrogen and oxygen atoms in total. The molecule has 12 heteroatoms. The largest absolute Gasteiger partial charge is 0.481 e. The van der Waals surface area contributed by atoms with Crippen molar-refractivity contribution in [2.45, 2.75) is 65.2 Å². The Morgan fingerprint density at radius 3 is 2.28 bits per heavy atom. The number of hydrogen-bond donors (Lipinski definition) is 2. The van der Waals surface area contributed by atoms with Gasteiger partial charge in [-0.15, -0.1) is 6.42 Å². The number of carbonyl (C=O) groups is 2. The molecule has 2 N–H and O–H groups in total. The van der Waals surface area contributed by atoms with Crippen LogP contribution in [0.1, 0.15) is 72.3 Å². The van der Waals surface area contributed by atoms with Gasteiger partial charge < -0.3 is 19.9 Å². The van der Waals surface area contributed by atoms with Crippen LogP contribution in [0.2, 0.25) is 0 Å². The molecule has 0 aliphatic rings. The zero-order valence-corrected chi connectivity index (χ0v) is 26.6. The molecular weight excluding hydrogens is 604 g/mol. The Balaban J connectivity index is 2.13. The van der Waals surface area contributed by atoms with Gasteiger partial charge in [-0.25, -0.2) is 9.37 Å². The number of aryl methyl sites for hydroxylation is 2. The normalized spacial score (nSPS) is 13.0. The average Bonchev–Trinajstić information content (AvgIpc) is 2.93. The zero-order valence-electron chi connectivity index (χ0n) is 26.6. The number of amides is 1. The van der Waals surface area contributed by atoms with Crippen molar-refractivity contribution in [1.82, 2.24) is 19.8 Å². The van der Waals surface area contributed by atoms with Gasteiger partial charge in [-0.05, 0) is 98.6 Å². The highest BCUT2D eigenvalue weighted by Crippen LogP contribution is 2.34. The van der Waals surface area contributed by atoms with Gasteiger partial charge in [-0.3, -0.25) is 14.4 Å². The molecule has 1 amide bonds. The van der Waals surface area contributed by atoms with Crippen molar-refractivity contribution in [3.8, 4) is 23.5 Å². The highest BCUT2D eigenvalue weighted by Gasteiger charge is 2.36. The molecule has 2 atom stereocenters. The number of aliphatic carboxylic acids is 1. The van der Waals surface area contributed by atoms with Crippen molar-refractivity contribution in [2.24, 2.45) is 5.92 Å². The minimum absolute atomic E-state index is 0.0298. The summed E-state index contributed by atoms with van der Waals surface area (Å²) >= 11 is 0. The number of likely N-dealkylation sites (N-methyl/N-ethyl adjacent to an activating group) is 1. The first-order valence-electron chi connectivity index (χ1n) is 14.7. The van der Waals surface area contributed by atoms with E-state index < -0.39 is 53.5 Å². The molecule has 46 heavy (non-hydrogen) atoms. The summed E-state index contributed by atoms with van der Waals surface area (Å²) in [6.07, 6.45) is 2.81. The lowest BCUT2D eigenvalue weighted by Gasteiger charge is -2.26. The van der Waals surface area contributed by atoms with Crippen molar-refractivity contribution in [3.63, 3.8) is 0 Å². The van der Waals surface area contributed by atoms with E-state index in [1.54, 1.807) is 52.8 Å². The van der Waals surface area contributed by atoms with Crippen LogP contribution in [0.4, 0.5) is 17.6 Å². The number of rotatable bonds is 12. The van der Waals surface area contributed by atoms with Gasteiger partial charge in [0.25, 0.3) is 5.56 Å². The number of alkyl halides is 3. The van der Waals surface area contributed by atoms with E-state index in [0.29, 0.717) is 28.3 Å². The van der Waals surface area contributed by atoms with E-state index in [-0.39, 0.29) is 42.1 Å². The minimum Gasteiger partial charge on any atom is -0.481 e. The molecule has 0 fully saturated rings. The van der Waals surface area contributed by atoms with Gasteiger partial charge in [-0.1, -0.05) is 13.8 Å². The molecule has 2 aromatic heterocycles. The predicted molar refractivity (Wildman–Crippen MR) is 167 cm³/mol. The van der Waals surface area contributed by atoms with Gasteiger partial charge in [0.1, 0.15) is 17.6 Å². The highest BCUT2D eigenvalue weighted by atomic mass is 19.4. The second-order valence-corrected chi connectivity index (χ2v) is 12.0. The van der Waals surface area contributed by atoms with Crippen LogP contribution in [0.3, 0.4) is 0 Å². The molecule has 0 saturated heterocycles. The van der Waals surface area contributed by atoms with E-state index in [1.807, 2.05) is 0 Å². The van der Waals surface area contributed by atoms with E-state index in [0.717, 1.165) is 10.8 Å². The first-order valence-corrected chi connectivity index (χ1v) is 14.7. The molecule has 0 radical (unpaired) electrons. The zero-order chi connectivity index (χ0) is 34.5. The van der Waals surface area contributed by atoms with Gasteiger partial charge in [0.05, 0.1) is 18.0 Å². The maximum absolute atomic E-state index is 14.1. The summed E-state index contributed by atoms with van der Waals surface area (Å²) < 4.78 is 56.7. The molecule has 246 valence electrons. The number of hydrogen-bond acceptors (Lipinski definition) is 5. The van der Waals surface area contributed by atoms with Crippen LogP contribution < -0.4 is 10.9 Å². The van der Waals surface area contributed by atoms with Gasteiger partial charge in [-0.2, -0.15) is 13.2 Å². The van der Waals surface area contributed by atoms with Crippen LogP contribution in [0.5, 0.6) is 0 Å². The Bertz CT molecular complexity index is 1680. The Hall–Kier alpha value is -4.50. The minimum atomic E-state index is -4.78. The average molecular weight is 643 g/mol. The summed E-state index contributed by atoms with van der Waals surface area (Å²) in [6.45, 7) is 7.23. The van der Waals surface area contributed by atoms with Gasteiger partial charge in [0.2, 0.25) is 5.91 Å². The van der Waals surface area contributed by atoms with Crippen molar-refractivity contribution < 1.29 is 32.3 Å². The summed E-state index contributed by atoms with van der Waals surface area (Å²) in [4.78, 5) is 45.0. The highest BCUT2D eigenvalue weighted by molar-refractivity contribution is 5.82. The molecule has 3 aromatic rings. The molecule has 2 heterocycles.